The SMILES string of the molecule is Cc1cc([N+](=O)[O-])ccc1N1C(=O)C2C(c3ccc(F)cc3)OC3(C(=O)c4ccccc4C3=O)C2C1=O. The van der Waals surface area contributed by atoms with E-state index in [0.29, 0.717) is 5.56 Å². The van der Waals surface area contributed by atoms with Gasteiger partial charge in [0.1, 0.15) is 5.82 Å². The zero-order valence-electron chi connectivity index (χ0n) is 19.2. The quantitative estimate of drug-likeness (QED) is 0.232. The number of aryl methyl sites for hydroxylation is 1. The Bertz CT molecular complexity index is 1530. The van der Waals surface area contributed by atoms with Gasteiger partial charge in [0.25, 0.3) is 5.69 Å². The van der Waals surface area contributed by atoms with E-state index in [9.17, 15) is 33.7 Å². The Morgan fingerprint density at radius 1 is 0.919 bits per heavy atom. The Balaban J connectivity index is 1.53. The number of imide groups is 1. The van der Waals surface area contributed by atoms with Crippen LogP contribution in [0.3, 0.4) is 0 Å². The number of halogens is 1. The largest absolute Gasteiger partial charge is 0.349 e. The molecule has 3 aromatic carbocycles. The molecule has 2 amide bonds. The van der Waals surface area contributed by atoms with Crippen molar-refractivity contribution in [3.05, 3.63) is 105 Å². The highest BCUT2D eigenvalue weighted by Gasteiger charge is 2.74. The summed E-state index contributed by atoms with van der Waals surface area (Å²) >= 11 is 0. The fourth-order valence-corrected chi connectivity index (χ4v) is 5.71. The molecule has 2 heterocycles. The van der Waals surface area contributed by atoms with Crippen LogP contribution in [0.15, 0.2) is 66.7 Å². The third-order valence-corrected chi connectivity index (χ3v) is 7.35. The number of hydrogen-bond donors (Lipinski definition) is 0. The second-order valence-electron chi connectivity index (χ2n) is 9.27. The Labute approximate surface area is 208 Å². The van der Waals surface area contributed by atoms with Gasteiger partial charge in [-0.25, -0.2) is 9.29 Å². The van der Waals surface area contributed by atoms with Crippen molar-refractivity contribution < 1.29 is 33.2 Å². The monoisotopic (exact) mass is 500 g/mol. The van der Waals surface area contributed by atoms with Crippen molar-refractivity contribution in [1.82, 2.24) is 0 Å². The number of non-ortho nitro benzene ring substituents is 1. The smallest absolute Gasteiger partial charge is 0.269 e. The Hall–Kier alpha value is -4.57. The van der Waals surface area contributed by atoms with Crippen molar-refractivity contribution in [2.45, 2.75) is 18.6 Å². The molecule has 0 radical (unpaired) electrons. The van der Waals surface area contributed by atoms with Crippen LogP contribution >= 0.6 is 0 Å². The highest BCUT2D eigenvalue weighted by Crippen LogP contribution is 2.57. The zero-order chi connectivity index (χ0) is 26.2. The summed E-state index contributed by atoms with van der Waals surface area (Å²) in [6.07, 6.45) is -1.19. The molecule has 2 saturated heterocycles. The summed E-state index contributed by atoms with van der Waals surface area (Å²) in [5.41, 5.74) is -1.57. The predicted octanol–water partition coefficient (Wildman–Crippen LogP) is 3.74. The molecule has 3 aliphatic rings. The van der Waals surface area contributed by atoms with E-state index in [2.05, 4.69) is 0 Å². The lowest BCUT2D eigenvalue weighted by molar-refractivity contribution is -0.384. The summed E-state index contributed by atoms with van der Waals surface area (Å²) in [5.74, 6) is -6.22. The van der Waals surface area contributed by atoms with Gasteiger partial charge in [-0.1, -0.05) is 36.4 Å². The van der Waals surface area contributed by atoms with Crippen LogP contribution in [0.25, 0.3) is 0 Å². The van der Waals surface area contributed by atoms with Crippen LogP contribution in [-0.4, -0.2) is 33.9 Å². The fraction of sp³-hybridized carbons (Fsp3) is 0.185. The average molecular weight is 500 g/mol. The van der Waals surface area contributed by atoms with Gasteiger partial charge in [0.05, 0.1) is 28.6 Å². The van der Waals surface area contributed by atoms with Crippen molar-refractivity contribution in [3.63, 3.8) is 0 Å². The highest BCUT2D eigenvalue weighted by molar-refractivity contribution is 6.37. The highest BCUT2D eigenvalue weighted by atomic mass is 19.1. The van der Waals surface area contributed by atoms with Crippen LogP contribution in [0.2, 0.25) is 0 Å². The van der Waals surface area contributed by atoms with E-state index in [0.717, 1.165) is 17.0 Å². The summed E-state index contributed by atoms with van der Waals surface area (Å²) in [6, 6.07) is 14.9. The number of rotatable bonds is 3. The number of fused-ring (bicyclic) bond motifs is 3. The second kappa shape index (κ2) is 7.71. The van der Waals surface area contributed by atoms with Crippen molar-refractivity contribution in [2.24, 2.45) is 11.8 Å². The summed E-state index contributed by atoms with van der Waals surface area (Å²) < 4.78 is 19.8. The van der Waals surface area contributed by atoms with Crippen molar-refractivity contribution in [3.8, 4) is 0 Å². The lowest BCUT2D eigenvalue weighted by Gasteiger charge is -2.27. The van der Waals surface area contributed by atoms with E-state index in [1.807, 2.05) is 0 Å². The summed E-state index contributed by atoms with van der Waals surface area (Å²) in [5, 5.41) is 11.2. The van der Waals surface area contributed by atoms with Crippen LogP contribution in [0.4, 0.5) is 15.8 Å². The van der Waals surface area contributed by atoms with Gasteiger partial charge < -0.3 is 4.74 Å². The fourth-order valence-electron chi connectivity index (χ4n) is 5.71. The number of nitrogens with zero attached hydrogens (tertiary/aromatic N) is 2. The molecule has 0 aromatic heterocycles. The number of hydrogen-bond acceptors (Lipinski definition) is 7. The van der Waals surface area contributed by atoms with E-state index < -0.39 is 57.7 Å². The minimum Gasteiger partial charge on any atom is -0.349 e. The number of carbonyl (C=O) groups excluding carboxylic acids is 4. The standard InChI is InChI=1S/C27H17FN2O7/c1-13-12-16(30(35)36)10-11-19(13)29-25(33)20-21(26(29)34)27(37-22(20)14-6-8-15(28)9-7-14)23(31)17-4-2-3-5-18(17)24(27)32/h2-12,20-22H,1H3. The maximum absolute atomic E-state index is 13.9. The van der Waals surface area contributed by atoms with E-state index >= 15 is 0 Å². The lowest BCUT2D eigenvalue weighted by Crippen LogP contribution is -2.51. The maximum Gasteiger partial charge on any atom is 0.269 e. The molecule has 10 heteroatoms. The number of nitro groups is 1. The molecular weight excluding hydrogens is 483 g/mol. The van der Waals surface area contributed by atoms with E-state index in [-0.39, 0.29) is 28.1 Å². The van der Waals surface area contributed by atoms with Gasteiger partial charge in [-0.3, -0.25) is 29.3 Å². The topological polar surface area (TPSA) is 124 Å². The summed E-state index contributed by atoms with van der Waals surface area (Å²) in [7, 11) is 0. The molecule has 37 heavy (non-hydrogen) atoms. The number of nitro benzene ring substituents is 1. The van der Waals surface area contributed by atoms with Crippen molar-refractivity contribution >= 4 is 34.8 Å². The Morgan fingerprint density at radius 2 is 1.54 bits per heavy atom. The van der Waals surface area contributed by atoms with Gasteiger partial charge in [0.2, 0.25) is 29.0 Å². The van der Waals surface area contributed by atoms with Crippen molar-refractivity contribution in [2.75, 3.05) is 4.90 Å². The molecular formula is C27H17FN2O7. The van der Waals surface area contributed by atoms with Gasteiger partial charge in [0.15, 0.2) is 0 Å². The number of anilines is 1. The molecule has 1 aliphatic carbocycles. The number of amides is 2. The van der Waals surface area contributed by atoms with Gasteiger partial charge >= 0.3 is 0 Å². The first kappa shape index (κ1) is 22.9. The third kappa shape index (κ3) is 2.93. The van der Waals surface area contributed by atoms with Crippen LogP contribution < -0.4 is 4.90 Å². The molecule has 2 aliphatic heterocycles. The predicted molar refractivity (Wildman–Crippen MR) is 125 cm³/mol. The normalized spacial score (nSPS) is 23.6. The number of benzene rings is 3. The maximum atomic E-state index is 13.9. The lowest BCUT2D eigenvalue weighted by atomic mass is 9.77. The molecule has 6 rings (SSSR count). The molecule has 3 aromatic rings. The molecule has 0 saturated carbocycles. The molecule has 0 bridgehead atoms. The van der Waals surface area contributed by atoms with Crippen LogP contribution in [0.1, 0.15) is 37.9 Å². The van der Waals surface area contributed by atoms with E-state index in [1.54, 1.807) is 12.1 Å². The minimum atomic E-state index is -2.26. The third-order valence-electron chi connectivity index (χ3n) is 7.35. The van der Waals surface area contributed by atoms with E-state index in [4.69, 9.17) is 4.74 Å². The van der Waals surface area contributed by atoms with Crippen LogP contribution in [0, 0.1) is 34.7 Å². The van der Waals surface area contributed by atoms with Crippen LogP contribution in [0.5, 0.6) is 0 Å². The minimum absolute atomic E-state index is 0.0937. The average Bonchev–Trinajstić information content (AvgIpc) is 3.45. The van der Waals surface area contributed by atoms with Gasteiger partial charge in [-0.15, -0.1) is 0 Å². The molecule has 3 unspecified atom stereocenters. The van der Waals surface area contributed by atoms with Gasteiger partial charge in [-0.05, 0) is 36.2 Å². The van der Waals surface area contributed by atoms with Gasteiger partial charge in [-0.2, -0.15) is 0 Å². The number of ether oxygens (including phenoxy) is 1. The molecule has 3 atom stereocenters. The van der Waals surface area contributed by atoms with Crippen molar-refractivity contribution in [1.29, 1.82) is 0 Å². The Morgan fingerprint density at radius 3 is 2.11 bits per heavy atom. The second-order valence-corrected chi connectivity index (χ2v) is 9.27. The first-order valence-corrected chi connectivity index (χ1v) is 11.4. The number of ketones is 2. The molecule has 0 N–H and O–H groups in total. The van der Waals surface area contributed by atoms with E-state index in [1.165, 1.54) is 49.4 Å². The number of Topliss-reactive ketones (excluding diaryl/α,β-unsaturated/α-hetero) is 2. The van der Waals surface area contributed by atoms with Gasteiger partial charge in [0, 0.05) is 23.3 Å². The molecule has 2 fully saturated rings. The van der Waals surface area contributed by atoms with Crippen LogP contribution in [-0.2, 0) is 14.3 Å². The summed E-state index contributed by atoms with van der Waals surface area (Å²) in [6.45, 7) is 1.52. The molecule has 9 nitrogen and oxygen atoms in total. The summed E-state index contributed by atoms with van der Waals surface area (Å²) in [4.78, 5) is 66.7. The molecule has 184 valence electrons. The Kier molecular flexibility index (Phi) is 4.77. The molecule has 1 spiro atoms. The number of carbonyl (C=O) groups is 4. The first-order valence-electron chi connectivity index (χ1n) is 11.4. The first-order chi connectivity index (χ1) is 17.7. The zero-order valence-corrected chi connectivity index (χ0v) is 19.2.